The van der Waals surface area contributed by atoms with E-state index >= 15 is 0 Å². The van der Waals surface area contributed by atoms with E-state index in [1.807, 2.05) is 18.2 Å². The molecule has 1 fully saturated rings. The number of carbonyl (C=O) groups excluding carboxylic acids is 3. The van der Waals surface area contributed by atoms with Gasteiger partial charge in [-0.15, -0.1) is 0 Å². The van der Waals surface area contributed by atoms with Crippen molar-refractivity contribution in [3.8, 4) is 0 Å². The van der Waals surface area contributed by atoms with Crippen molar-refractivity contribution >= 4 is 17.5 Å². The summed E-state index contributed by atoms with van der Waals surface area (Å²) in [6.07, 6.45) is -0.356. The molecule has 0 saturated carbocycles. The minimum Gasteiger partial charge on any atom is -0.393 e. The highest BCUT2D eigenvalue weighted by Crippen LogP contribution is 2.28. The maximum absolute atomic E-state index is 12.9. The number of piperidine rings is 1. The molecule has 5 N–H and O–H groups in total. The van der Waals surface area contributed by atoms with Gasteiger partial charge in [0.1, 0.15) is 5.78 Å². The van der Waals surface area contributed by atoms with E-state index in [9.17, 15) is 19.5 Å². The molecule has 1 aromatic carbocycles. The lowest BCUT2D eigenvalue weighted by Gasteiger charge is -2.31. The largest absolute Gasteiger partial charge is 0.393 e. The molecule has 0 radical (unpaired) electrons. The van der Waals surface area contributed by atoms with Crippen molar-refractivity contribution in [2.75, 3.05) is 19.6 Å². The van der Waals surface area contributed by atoms with Gasteiger partial charge >= 0.3 is 0 Å². The molecule has 7 nitrogen and oxygen atoms in total. The Morgan fingerprint density at radius 1 is 1.25 bits per heavy atom. The third-order valence-electron chi connectivity index (χ3n) is 5.46. The number of aliphatic hydroxyl groups is 1. The topological polar surface area (TPSA) is 122 Å². The zero-order valence-corrected chi connectivity index (χ0v) is 16.6. The van der Waals surface area contributed by atoms with Gasteiger partial charge < -0.3 is 21.5 Å². The van der Waals surface area contributed by atoms with Crippen LogP contribution in [-0.2, 0) is 14.4 Å². The van der Waals surface area contributed by atoms with Crippen molar-refractivity contribution in [3.63, 3.8) is 0 Å². The second kappa shape index (κ2) is 10.5. The maximum atomic E-state index is 12.9. The number of amides is 1. The quantitative estimate of drug-likeness (QED) is 0.484. The zero-order valence-electron chi connectivity index (χ0n) is 16.6. The predicted molar refractivity (Wildman–Crippen MR) is 107 cm³/mol. The summed E-state index contributed by atoms with van der Waals surface area (Å²) in [5, 5.41) is 15.9. The number of hydrogen-bond donors (Lipinski definition) is 4. The summed E-state index contributed by atoms with van der Waals surface area (Å²) in [6, 6.07) is 9.24. The number of nitrogens with one attached hydrogen (secondary N) is 2. The van der Waals surface area contributed by atoms with E-state index in [2.05, 4.69) is 22.8 Å². The lowest BCUT2D eigenvalue weighted by molar-refractivity contribution is -0.136. The fraction of sp³-hybridized carbons (Fsp3) is 0.571. The molecule has 0 aromatic heterocycles. The Bertz CT molecular complexity index is 677. The monoisotopic (exact) mass is 389 g/mol. The first-order valence-electron chi connectivity index (χ1n) is 9.80. The van der Waals surface area contributed by atoms with Crippen LogP contribution in [-0.4, -0.2) is 54.4 Å². The van der Waals surface area contributed by atoms with E-state index < -0.39 is 24.0 Å². The fourth-order valence-electron chi connectivity index (χ4n) is 3.64. The molecule has 2 rings (SSSR count). The van der Waals surface area contributed by atoms with E-state index in [1.54, 1.807) is 0 Å². The number of nitrogens with two attached hydrogens (primary N) is 1. The van der Waals surface area contributed by atoms with Crippen LogP contribution < -0.4 is 16.4 Å². The Morgan fingerprint density at radius 2 is 1.93 bits per heavy atom. The Balaban J connectivity index is 2.01. The van der Waals surface area contributed by atoms with Crippen LogP contribution in [0.4, 0.5) is 0 Å². The van der Waals surface area contributed by atoms with Crippen molar-refractivity contribution in [3.05, 3.63) is 35.9 Å². The lowest BCUT2D eigenvalue weighted by atomic mass is 9.81. The molecule has 154 valence electrons. The van der Waals surface area contributed by atoms with E-state index in [-0.39, 0.29) is 36.4 Å². The highest BCUT2D eigenvalue weighted by molar-refractivity contribution is 5.92. The van der Waals surface area contributed by atoms with Crippen LogP contribution in [0.2, 0.25) is 0 Å². The average molecular weight is 389 g/mol. The summed E-state index contributed by atoms with van der Waals surface area (Å²) in [6.45, 7) is 4.18. The van der Waals surface area contributed by atoms with Gasteiger partial charge in [-0.05, 0) is 31.7 Å². The minimum absolute atomic E-state index is 0.0210. The average Bonchev–Trinajstić information content (AvgIpc) is 2.70. The standard InChI is InChI=1S/C21H31N3O4/c1-13(25)18(21(28)24-19(10-22)14(2)26)9-20(27)17-8-16(11-23-12-17)15-6-4-3-5-7-15/h3-7,13,16-19,23,25H,8-12,22H2,1-2H3,(H,24,28)/t13-,16+,17-,18-,19-/m0/s1. The van der Waals surface area contributed by atoms with Gasteiger partial charge in [0.2, 0.25) is 5.91 Å². The van der Waals surface area contributed by atoms with Crippen LogP contribution >= 0.6 is 0 Å². The van der Waals surface area contributed by atoms with Gasteiger partial charge in [0.15, 0.2) is 5.78 Å². The number of carbonyl (C=O) groups is 3. The first-order valence-corrected chi connectivity index (χ1v) is 9.80. The smallest absolute Gasteiger partial charge is 0.226 e. The van der Waals surface area contributed by atoms with E-state index in [4.69, 9.17) is 5.73 Å². The minimum atomic E-state index is -1.00. The summed E-state index contributed by atoms with van der Waals surface area (Å²) in [7, 11) is 0. The van der Waals surface area contributed by atoms with Gasteiger partial charge in [-0.25, -0.2) is 0 Å². The van der Waals surface area contributed by atoms with E-state index in [0.717, 1.165) is 6.54 Å². The molecule has 7 heteroatoms. The molecule has 1 saturated heterocycles. The van der Waals surface area contributed by atoms with Gasteiger partial charge in [-0.3, -0.25) is 14.4 Å². The van der Waals surface area contributed by atoms with Crippen LogP contribution in [0.5, 0.6) is 0 Å². The van der Waals surface area contributed by atoms with Crippen LogP contribution in [0.15, 0.2) is 30.3 Å². The molecule has 1 aliphatic rings. The molecule has 5 atom stereocenters. The molecule has 0 aliphatic carbocycles. The van der Waals surface area contributed by atoms with Crippen molar-refractivity contribution in [1.29, 1.82) is 0 Å². The Labute approximate surface area is 166 Å². The van der Waals surface area contributed by atoms with Crippen LogP contribution in [0.3, 0.4) is 0 Å². The van der Waals surface area contributed by atoms with Gasteiger partial charge in [-0.2, -0.15) is 0 Å². The highest BCUT2D eigenvalue weighted by atomic mass is 16.3. The molecular weight excluding hydrogens is 358 g/mol. The molecule has 1 heterocycles. The lowest BCUT2D eigenvalue weighted by Crippen LogP contribution is -2.49. The van der Waals surface area contributed by atoms with Crippen LogP contribution in [0, 0.1) is 11.8 Å². The second-order valence-electron chi connectivity index (χ2n) is 7.62. The SMILES string of the molecule is CC(=O)[C@H](CN)NC(=O)[C@@H](CC(=O)[C@@H]1CNC[C@H](c2ccccc2)C1)[C@H](C)O. The number of benzene rings is 1. The Kier molecular flexibility index (Phi) is 8.29. The van der Waals surface area contributed by atoms with Gasteiger partial charge in [-0.1, -0.05) is 30.3 Å². The van der Waals surface area contributed by atoms with Gasteiger partial charge in [0.25, 0.3) is 0 Å². The summed E-state index contributed by atoms with van der Waals surface area (Å²) >= 11 is 0. The van der Waals surface area contributed by atoms with Gasteiger partial charge in [0.05, 0.1) is 18.1 Å². The second-order valence-corrected chi connectivity index (χ2v) is 7.62. The Morgan fingerprint density at radius 3 is 2.50 bits per heavy atom. The van der Waals surface area contributed by atoms with E-state index in [0.29, 0.717) is 13.0 Å². The van der Waals surface area contributed by atoms with Crippen molar-refractivity contribution in [2.24, 2.45) is 17.6 Å². The number of rotatable bonds is 9. The highest BCUT2D eigenvalue weighted by Gasteiger charge is 2.33. The van der Waals surface area contributed by atoms with Crippen molar-refractivity contribution in [1.82, 2.24) is 10.6 Å². The molecular formula is C21H31N3O4. The van der Waals surface area contributed by atoms with Crippen LogP contribution in [0.25, 0.3) is 0 Å². The molecule has 0 spiro atoms. The first-order chi connectivity index (χ1) is 13.3. The zero-order chi connectivity index (χ0) is 20.7. The third kappa shape index (κ3) is 5.95. The molecule has 0 bridgehead atoms. The van der Waals surface area contributed by atoms with E-state index in [1.165, 1.54) is 19.4 Å². The van der Waals surface area contributed by atoms with Crippen LogP contribution in [0.1, 0.15) is 38.2 Å². The molecule has 28 heavy (non-hydrogen) atoms. The van der Waals surface area contributed by atoms with Crippen molar-refractivity contribution in [2.45, 2.75) is 44.8 Å². The molecule has 1 amide bonds. The molecule has 0 unspecified atom stereocenters. The number of ketones is 2. The number of hydrogen-bond acceptors (Lipinski definition) is 6. The predicted octanol–water partition coefficient (Wildman–Crippen LogP) is 0.368. The number of aliphatic hydroxyl groups excluding tert-OH is 1. The summed E-state index contributed by atoms with van der Waals surface area (Å²) in [5.41, 5.74) is 6.70. The fourth-order valence-corrected chi connectivity index (χ4v) is 3.64. The van der Waals surface area contributed by atoms with Crippen molar-refractivity contribution < 1.29 is 19.5 Å². The first kappa shape index (κ1) is 22.2. The maximum Gasteiger partial charge on any atom is 0.226 e. The third-order valence-corrected chi connectivity index (χ3v) is 5.46. The summed E-state index contributed by atoms with van der Waals surface area (Å²) in [4.78, 5) is 36.9. The summed E-state index contributed by atoms with van der Waals surface area (Å²) < 4.78 is 0. The van der Waals surface area contributed by atoms with Gasteiger partial charge in [0, 0.05) is 32.0 Å². The molecule has 1 aromatic rings. The normalized spacial score (nSPS) is 22.7. The number of Topliss-reactive ketones (excluding diaryl/α,β-unsaturated/α-hetero) is 2. The Hall–Kier alpha value is -2.09. The summed E-state index contributed by atoms with van der Waals surface area (Å²) in [5.74, 6) is -1.71. The molecule has 1 aliphatic heterocycles.